The molecule has 0 heterocycles. The van der Waals surface area contributed by atoms with E-state index in [9.17, 15) is 19.8 Å². The van der Waals surface area contributed by atoms with Gasteiger partial charge in [0, 0.05) is 11.1 Å². The number of aromatic hydroxyl groups is 1. The fourth-order valence-electron chi connectivity index (χ4n) is 2.11. The van der Waals surface area contributed by atoms with Crippen molar-refractivity contribution in [1.82, 2.24) is 5.43 Å². The average Bonchev–Trinajstić information content (AvgIpc) is 2.61. The zero-order valence-electron chi connectivity index (χ0n) is 13.5. The summed E-state index contributed by atoms with van der Waals surface area (Å²) < 4.78 is 10.2. The summed E-state index contributed by atoms with van der Waals surface area (Å²) >= 11 is 0. The first-order valence-corrected chi connectivity index (χ1v) is 7.08. The number of aromatic carboxylic acids is 1. The van der Waals surface area contributed by atoms with Crippen molar-refractivity contribution in [3.8, 4) is 17.2 Å². The van der Waals surface area contributed by atoms with Gasteiger partial charge in [-0.2, -0.15) is 5.10 Å². The van der Waals surface area contributed by atoms with E-state index in [-0.39, 0.29) is 28.4 Å². The molecule has 2 aromatic carbocycles. The number of methoxy groups -OCH3 is 2. The summed E-state index contributed by atoms with van der Waals surface area (Å²) in [6, 6.07) is 8.62. The van der Waals surface area contributed by atoms with Crippen LogP contribution in [0, 0.1) is 0 Å². The van der Waals surface area contributed by atoms with E-state index in [1.54, 1.807) is 0 Å². The minimum Gasteiger partial charge on any atom is -0.508 e. The molecule has 0 aliphatic rings. The molecule has 0 fully saturated rings. The molecule has 0 saturated carbocycles. The number of benzene rings is 2. The number of hydrogen-bond acceptors (Lipinski definition) is 6. The molecule has 130 valence electrons. The fraction of sp³-hybridized carbons (Fsp3) is 0.118. The topological polar surface area (TPSA) is 117 Å². The van der Waals surface area contributed by atoms with E-state index in [4.69, 9.17) is 9.47 Å². The van der Waals surface area contributed by atoms with Crippen molar-refractivity contribution in [3.05, 3.63) is 53.1 Å². The summed E-state index contributed by atoms with van der Waals surface area (Å²) in [4.78, 5) is 23.4. The third kappa shape index (κ3) is 4.05. The highest BCUT2D eigenvalue weighted by molar-refractivity contribution is 6.02. The largest absolute Gasteiger partial charge is 0.508 e. The maximum Gasteiger partial charge on any atom is 0.340 e. The normalized spacial score (nSPS) is 10.5. The van der Waals surface area contributed by atoms with Gasteiger partial charge in [0.25, 0.3) is 5.91 Å². The predicted molar refractivity (Wildman–Crippen MR) is 89.7 cm³/mol. The van der Waals surface area contributed by atoms with Crippen LogP contribution in [0.2, 0.25) is 0 Å². The molecule has 0 aliphatic heterocycles. The molecule has 0 spiro atoms. The van der Waals surface area contributed by atoms with Gasteiger partial charge < -0.3 is 19.7 Å². The van der Waals surface area contributed by atoms with Crippen molar-refractivity contribution in [3.63, 3.8) is 0 Å². The monoisotopic (exact) mass is 344 g/mol. The lowest BCUT2D eigenvalue weighted by molar-refractivity contribution is 0.0692. The number of rotatable bonds is 6. The summed E-state index contributed by atoms with van der Waals surface area (Å²) in [7, 11) is 2.73. The lowest BCUT2D eigenvalue weighted by atomic mass is 10.1. The Morgan fingerprint density at radius 1 is 1.08 bits per heavy atom. The summed E-state index contributed by atoms with van der Waals surface area (Å²) in [5.41, 5.74) is 2.67. The highest BCUT2D eigenvalue weighted by atomic mass is 16.5. The highest BCUT2D eigenvalue weighted by Crippen LogP contribution is 2.32. The molecular weight excluding hydrogens is 328 g/mol. The number of phenols is 1. The van der Waals surface area contributed by atoms with Crippen molar-refractivity contribution in [2.24, 2.45) is 5.10 Å². The van der Waals surface area contributed by atoms with Crippen molar-refractivity contribution < 1.29 is 29.3 Å². The molecule has 0 radical (unpaired) electrons. The standard InChI is InChI=1S/C17H16N2O6/c1-24-13-8-5-11(14(17(22)23)15(13)25-2)9-18-19-16(21)10-3-6-12(20)7-4-10/h3-9,20H,1-2H3,(H,19,21)(H,22,23)/b18-9-. The molecule has 25 heavy (non-hydrogen) atoms. The molecule has 2 rings (SSSR count). The second kappa shape index (κ2) is 7.82. The first-order valence-electron chi connectivity index (χ1n) is 7.08. The Hall–Kier alpha value is -3.55. The SMILES string of the molecule is COc1ccc(/C=N\NC(=O)c2ccc(O)cc2)c(C(=O)O)c1OC. The summed E-state index contributed by atoms with van der Waals surface area (Å²) in [6.07, 6.45) is 1.20. The van der Waals surface area contributed by atoms with E-state index >= 15 is 0 Å². The number of carbonyl (C=O) groups excluding carboxylic acids is 1. The van der Waals surface area contributed by atoms with Crippen LogP contribution < -0.4 is 14.9 Å². The second-order valence-electron chi connectivity index (χ2n) is 4.82. The van der Waals surface area contributed by atoms with E-state index in [1.165, 1.54) is 56.8 Å². The lowest BCUT2D eigenvalue weighted by Gasteiger charge is -2.12. The number of carboxylic acid groups (broad SMARTS) is 1. The van der Waals surface area contributed by atoms with E-state index in [0.717, 1.165) is 0 Å². The van der Waals surface area contributed by atoms with Gasteiger partial charge in [-0.25, -0.2) is 10.2 Å². The van der Waals surface area contributed by atoms with Crippen LogP contribution in [0.5, 0.6) is 17.2 Å². The molecule has 1 amide bonds. The summed E-state index contributed by atoms with van der Waals surface area (Å²) in [5, 5.41) is 22.4. The Morgan fingerprint density at radius 3 is 2.32 bits per heavy atom. The molecule has 0 bridgehead atoms. The molecule has 8 heteroatoms. The smallest absolute Gasteiger partial charge is 0.340 e. The van der Waals surface area contributed by atoms with Crippen LogP contribution in [0.3, 0.4) is 0 Å². The summed E-state index contributed by atoms with van der Waals surface area (Å²) in [5.74, 6) is -1.36. The predicted octanol–water partition coefficient (Wildman–Crippen LogP) is 1.87. The first kappa shape index (κ1) is 17.8. The minimum absolute atomic E-state index is 0.0384. The molecule has 0 saturated heterocycles. The first-order chi connectivity index (χ1) is 12.0. The molecule has 8 nitrogen and oxygen atoms in total. The quantitative estimate of drug-likeness (QED) is 0.544. The minimum atomic E-state index is -1.22. The number of hydrazone groups is 1. The third-order valence-electron chi connectivity index (χ3n) is 3.29. The van der Waals surface area contributed by atoms with E-state index < -0.39 is 11.9 Å². The van der Waals surface area contributed by atoms with E-state index in [2.05, 4.69) is 10.5 Å². The zero-order chi connectivity index (χ0) is 18.4. The number of phenolic OH excluding ortho intramolecular Hbond substituents is 1. The van der Waals surface area contributed by atoms with E-state index in [0.29, 0.717) is 5.56 Å². The van der Waals surface area contributed by atoms with Gasteiger partial charge in [-0.15, -0.1) is 0 Å². The lowest BCUT2D eigenvalue weighted by Crippen LogP contribution is -2.17. The van der Waals surface area contributed by atoms with Crippen LogP contribution in [0.15, 0.2) is 41.5 Å². The van der Waals surface area contributed by atoms with Crippen LogP contribution in [0.4, 0.5) is 0 Å². The number of nitrogens with zero attached hydrogens (tertiary/aromatic N) is 1. The van der Waals surface area contributed by atoms with Gasteiger partial charge in [0.15, 0.2) is 11.5 Å². The highest BCUT2D eigenvalue weighted by Gasteiger charge is 2.20. The fourth-order valence-corrected chi connectivity index (χ4v) is 2.11. The van der Waals surface area contributed by atoms with Crippen LogP contribution in [-0.2, 0) is 0 Å². The number of hydrogen-bond donors (Lipinski definition) is 3. The van der Waals surface area contributed by atoms with Gasteiger partial charge in [-0.05, 0) is 36.4 Å². The van der Waals surface area contributed by atoms with Gasteiger partial charge in [0.05, 0.1) is 20.4 Å². The van der Waals surface area contributed by atoms with Gasteiger partial charge in [-0.1, -0.05) is 0 Å². The number of carboxylic acids is 1. The van der Waals surface area contributed by atoms with Gasteiger partial charge in [0.2, 0.25) is 0 Å². The molecule has 0 atom stereocenters. The number of ether oxygens (including phenoxy) is 2. The van der Waals surface area contributed by atoms with Gasteiger partial charge >= 0.3 is 5.97 Å². The maximum absolute atomic E-state index is 11.9. The second-order valence-corrected chi connectivity index (χ2v) is 4.82. The number of nitrogens with one attached hydrogen (secondary N) is 1. The number of carbonyl (C=O) groups is 2. The van der Waals surface area contributed by atoms with Crippen LogP contribution >= 0.6 is 0 Å². The Balaban J connectivity index is 2.24. The van der Waals surface area contributed by atoms with Crippen molar-refractivity contribution >= 4 is 18.1 Å². The molecule has 2 aromatic rings. The molecule has 3 N–H and O–H groups in total. The Bertz CT molecular complexity index is 815. The Labute approximate surface area is 143 Å². The Morgan fingerprint density at radius 2 is 1.76 bits per heavy atom. The van der Waals surface area contributed by atoms with Crippen molar-refractivity contribution in [1.29, 1.82) is 0 Å². The van der Waals surface area contributed by atoms with Crippen molar-refractivity contribution in [2.45, 2.75) is 0 Å². The maximum atomic E-state index is 11.9. The third-order valence-corrected chi connectivity index (χ3v) is 3.29. The zero-order valence-corrected chi connectivity index (χ0v) is 13.5. The van der Waals surface area contributed by atoms with E-state index in [1.807, 2.05) is 0 Å². The van der Waals surface area contributed by atoms with Gasteiger partial charge in [-0.3, -0.25) is 4.79 Å². The molecule has 0 unspecified atom stereocenters. The van der Waals surface area contributed by atoms with Crippen LogP contribution in [0.1, 0.15) is 26.3 Å². The summed E-state index contributed by atoms with van der Waals surface area (Å²) in [6.45, 7) is 0. The van der Waals surface area contributed by atoms with Crippen LogP contribution in [-0.4, -0.2) is 42.5 Å². The van der Waals surface area contributed by atoms with Crippen LogP contribution in [0.25, 0.3) is 0 Å². The molecule has 0 aliphatic carbocycles. The molecule has 0 aromatic heterocycles. The molecular formula is C17H16N2O6. The number of amides is 1. The average molecular weight is 344 g/mol. The Kier molecular flexibility index (Phi) is 5.57. The van der Waals surface area contributed by atoms with Crippen molar-refractivity contribution in [2.75, 3.05) is 14.2 Å². The van der Waals surface area contributed by atoms with Gasteiger partial charge in [0.1, 0.15) is 11.3 Å².